The lowest BCUT2D eigenvalue weighted by Gasteiger charge is -2.05. The molecule has 1 aromatic carbocycles. The summed E-state index contributed by atoms with van der Waals surface area (Å²) in [4.78, 5) is 18.1. The fraction of sp³-hybridized carbons (Fsp3) is 0. The molecule has 17 heavy (non-hydrogen) atoms. The number of carboxylic acid groups (broad SMARTS) is 1. The molecule has 0 aliphatic carbocycles. The van der Waals surface area contributed by atoms with Gasteiger partial charge < -0.3 is 10.4 Å². The highest BCUT2D eigenvalue weighted by atomic mass is 19.1. The van der Waals surface area contributed by atoms with E-state index in [-0.39, 0.29) is 17.2 Å². The molecule has 0 aliphatic rings. The molecule has 0 unspecified atom stereocenters. The molecule has 0 fully saturated rings. The summed E-state index contributed by atoms with van der Waals surface area (Å²) in [6.07, 6.45) is 2.30. The summed E-state index contributed by atoms with van der Waals surface area (Å²) in [5, 5.41) is 11.3. The predicted octanol–water partition coefficient (Wildman–Crippen LogP) is 2.06. The molecule has 0 aliphatic heterocycles. The average molecular weight is 233 g/mol. The zero-order chi connectivity index (χ0) is 12.3. The molecular weight excluding hydrogens is 225 g/mol. The maximum Gasteiger partial charge on any atom is 0.338 e. The molecule has 2 N–H and O–H groups in total. The number of carboxylic acids is 1. The quantitative estimate of drug-likeness (QED) is 0.848. The van der Waals surface area contributed by atoms with Crippen molar-refractivity contribution in [2.24, 2.45) is 0 Å². The van der Waals surface area contributed by atoms with Crippen LogP contribution in [0.5, 0.6) is 0 Å². The van der Waals surface area contributed by atoms with Crippen LogP contribution in [-0.4, -0.2) is 21.0 Å². The number of halogens is 1. The van der Waals surface area contributed by atoms with Gasteiger partial charge in [-0.3, -0.25) is 0 Å². The maximum absolute atomic E-state index is 13.3. The molecule has 0 spiro atoms. The van der Waals surface area contributed by atoms with Gasteiger partial charge in [-0.1, -0.05) is 12.1 Å². The van der Waals surface area contributed by atoms with Crippen molar-refractivity contribution in [2.45, 2.75) is 0 Å². The van der Waals surface area contributed by atoms with E-state index in [2.05, 4.69) is 15.3 Å². The molecule has 0 bridgehead atoms. The number of aromatic carboxylic acids is 1. The molecule has 0 atom stereocenters. The minimum absolute atomic E-state index is 0.0240. The number of benzene rings is 1. The van der Waals surface area contributed by atoms with Gasteiger partial charge in [0.2, 0.25) is 5.95 Å². The summed E-state index contributed by atoms with van der Waals surface area (Å²) in [6, 6.07) is 6.06. The molecule has 0 amide bonds. The number of hydrogen-bond donors (Lipinski definition) is 2. The first-order chi connectivity index (χ1) is 8.16. The number of hydrogen-bond acceptors (Lipinski definition) is 4. The van der Waals surface area contributed by atoms with Gasteiger partial charge in [0.05, 0.1) is 11.3 Å². The number of nitrogens with zero attached hydrogens (tertiary/aromatic N) is 2. The molecular formula is C11H8FN3O2. The second-order valence-corrected chi connectivity index (χ2v) is 3.21. The third-order valence-electron chi connectivity index (χ3n) is 2.02. The molecule has 2 rings (SSSR count). The van der Waals surface area contributed by atoms with E-state index in [4.69, 9.17) is 5.11 Å². The molecule has 2 aromatic rings. The van der Waals surface area contributed by atoms with E-state index in [0.29, 0.717) is 0 Å². The van der Waals surface area contributed by atoms with Gasteiger partial charge in [-0.25, -0.2) is 19.2 Å². The van der Waals surface area contributed by atoms with Crippen LogP contribution < -0.4 is 5.32 Å². The van der Waals surface area contributed by atoms with Crippen LogP contribution in [0.3, 0.4) is 0 Å². The Balaban J connectivity index is 2.20. The molecule has 1 aromatic heterocycles. The van der Waals surface area contributed by atoms with Gasteiger partial charge in [-0.15, -0.1) is 0 Å². The molecule has 6 heteroatoms. The van der Waals surface area contributed by atoms with E-state index in [1.54, 1.807) is 12.1 Å². The predicted molar refractivity (Wildman–Crippen MR) is 58.7 cm³/mol. The van der Waals surface area contributed by atoms with E-state index in [1.807, 2.05) is 0 Å². The molecule has 0 saturated carbocycles. The van der Waals surface area contributed by atoms with Gasteiger partial charge in [0.15, 0.2) is 0 Å². The van der Waals surface area contributed by atoms with E-state index in [0.717, 1.165) is 12.4 Å². The standard InChI is InChI=1S/C11H8FN3O2/c12-8-3-1-2-4-9(8)15-11-13-5-7(6-14-11)10(16)17/h1-6H,(H,16,17)(H,13,14,15). The number of aromatic nitrogens is 2. The third-order valence-corrected chi connectivity index (χ3v) is 2.02. The molecule has 0 radical (unpaired) electrons. The first-order valence-electron chi connectivity index (χ1n) is 4.74. The van der Waals surface area contributed by atoms with E-state index < -0.39 is 11.8 Å². The molecule has 0 saturated heterocycles. The Hall–Kier alpha value is -2.50. The fourth-order valence-electron chi connectivity index (χ4n) is 1.19. The minimum atomic E-state index is -1.11. The lowest BCUT2D eigenvalue weighted by molar-refractivity contribution is 0.0696. The summed E-state index contributed by atoms with van der Waals surface area (Å²) in [6.45, 7) is 0. The van der Waals surface area contributed by atoms with Crippen molar-refractivity contribution in [1.82, 2.24) is 9.97 Å². The minimum Gasteiger partial charge on any atom is -0.478 e. The van der Waals surface area contributed by atoms with E-state index in [9.17, 15) is 9.18 Å². The van der Waals surface area contributed by atoms with Crippen LogP contribution in [0.1, 0.15) is 10.4 Å². The Morgan fingerprint density at radius 3 is 2.47 bits per heavy atom. The summed E-state index contributed by atoms with van der Waals surface area (Å²) < 4.78 is 13.3. The first kappa shape index (κ1) is 11.0. The SMILES string of the molecule is O=C(O)c1cnc(Nc2ccccc2F)nc1. The Morgan fingerprint density at radius 1 is 1.24 bits per heavy atom. The number of para-hydroxylation sites is 1. The smallest absolute Gasteiger partial charge is 0.338 e. The van der Waals surface area contributed by atoms with Crippen LogP contribution in [0.4, 0.5) is 16.0 Å². The fourth-order valence-corrected chi connectivity index (χ4v) is 1.19. The largest absolute Gasteiger partial charge is 0.478 e. The number of nitrogens with one attached hydrogen (secondary N) is 1. The number of rotatable bonds is 3. The monoisotopic (exact) mass is 233 g/mol. The van der Waals surface area contributed by atoms with E-state index in [1.165, 1.54) is 12.1 Å². The zero-order valence-corrected chi connectivity index (χ0v) is 8.59. The van der Waals surface area contributed by atoms with Gasteiger partial charge in [0.25, 0.3) is 0 Å². The molecule has 5 nitrogen and oxygen atoms in total. The normalized spacial score (nSPS) is 9.94. The van der Waals surface area contributed by atoms with Gasteiger partial charge in [0.1, 0.15) is 5.82 Å². The van der Waals surface area contributed by atoms with Crippen molar-refractivity contribution in [3.8, 4) is 0 Å². The summed E-state index contributed by atoms with van der Waals surface area (Å²) in [5.74, 6) is -1.40. The average Bonchev–Trinajstić information content (AvgIpc) is 2.33. The first-order valence-corrected chi connectivity index (χ1v) is 4.74. The van der Waals surface area contributed by atoms with Crippen molar-refractivity contribution in [2.75, 3.05) is 5.32 Å². The Labute approximate surface area is 96.0 Å². The highest BCUT2D eigenvalue weighted by molar-refractivity contribution is 5.86. The van der Waals surface area contributed by atoms with Gasteiger partial charge in [-0.05, 0) is 12.1 Å². The van der Waals surface area contributed by atoms with Crippen LogP contribution in [-0.2, 0) is 0 Å². The second kappa shape index (κ2) is 4.56. The number of anilines is 2. The van der Waals surface area contributed by atoms with Crippen LogP contribution in [0.25, 0.3) is 0 Å². The van der Waals surface area contributed by atoms with Crippen molar-refractivity contribution in [3.05, 3.63) is 48.0 Å². The van der Waals surface area contributed by atoms with Crippen molar-refractivity contribution in [3.63, 3.8) is 0 Å². The third kappa shape index (κ3) is 2.54. The Morgan fingerprint density at radius 2 is 1.88 bits per heavy atom. The highest BCUT2D eigenvalue weighted by Crippen LogP contribution is 2.16. The Bertz CT molecular complexity index is 543. The second-order valence-electron chi connectivity index (χ2n) is 3.21. The topological polar surface area (TPSA) is 75.1 Å². The van der Waals surface area contributed by atoms with Crippen molar-refractivity contribution < 1.29 is 14.3 Å². The summed E-state index contributed by atoms with van der Waals surface area (Å²) in [5.41, 5.74) is 0.208. The van der Waals surface area contributed by atoms with Crippen LogP contribution >= 0.6 is 0 Å². The summed E-state index contributed by atoms with van der Waals surface area (Å²) in [7, 11) is 0. The van der Waals surface area contributed by atoms with Gasteiger partial charge >= 0.3 is 5.97 Å². The van der Waals surface area contributed by atoms with Crippen LogP contribution in [0.2, 0.25) is 0 Å². The van der Waals surface area contributed by atoms with Crippen LogP contribution in [0.15, 0.2) is 36.7 Å². The Kier molecular flexibility index (Phi) is 2.95. The maximum atomic E-state index is 13.3. The van der Waals surface area contributed by atoms with Gasteiger partial charge in [0, 0.05) is 12.4 Å². The van der Waals surface area contributed by atoms with Crippen molar-refractivity contribution >= 4 is 17.6 Å². The lowest BCUT2D eigenvalue weighted by atomic mass is 10.3. The lowest BCUT2D eigenvalue weighted by Crippen LogP contribution is -2.02. The molecule has 1 heterocycles. The highest BCUT2D eigenvalue weighted by Gasteiger charge is 2.06. The van der Waals surface area contributed by atoms with Crippen molar-refractivity contribution in [1.29, 1.82) is 0 Å². The van der Waals surface area contributed by atoms with Crippen LogP contribution in [0, 0.1) is 5.82 Å². The number of carbonyl (C=O) groups is 1. The zero-order valence-electron chi connectivity index (χ0n) is 8.59. The van der Waals surface area contributed by atoms with E-state index >= 15 is 0 Å². The summed E-state index contributed by atoms with van der Waals surface area (Å²) >= 11 is 0. The molecule has 86 valence electrons. The van der Waals surface area contributed by atoms with Gasteiger partial charge in [-0.2, -0.15) is 0 Å².